The maximum atomic E-state index is 12.1. The number of carbonyl (C=O) groups is 1. The number of anilines is 3. The van der Waals surface area contributed by atoms with Gasteiger partial charge in [-0.25, -0.2) is 9.97 Å². The van der Waals surface area contributed by atoms with Crippen LogP contribution < -0.4 is 16.4 Å². The maximum absolute atomic E-state index is 12.1. The number of nitrogens with one attached hydrogen (secondary N) is 3. The number of hydrogen-bond acceptors (Lipinski definition) is 7. The Hall–Kier alpha value is -3.17. The van der Waals surface area contributed by atoms with Gasteiger partial charge in [-0.15, -0.1) is 0 Å². The van der Waals surface area contributed by atoms with E-state index >= 15 is 0 Å². The minimum Gasteiger partial charge on any atom is -0.368 e. The highest BCUT2D eigenvalue weighted by atomic mass is 16.2. The van der Waals surface area contributed by atoms with E-state index < -0.39 is 0 Å². The van der Waals surface area contributed by atoms with E-state index in [9.17, 15) is 4.79 Å². The number of amides is 1. The van der Waals surface area contributed by atoms with E-state index in [1.165, 1.54) is 12.5 Å². The average molecular weight is 313 g/mol. The van der Waals surface area contributed by atoms with E-state index in [0.29, 0.717) is 28.8 Å². The fourth-order valence-electron chi connectivity index (χ4n) is 2.27. The third-order valence-corrected chi connectivity index (χ3v) is 3.49. The van der Waals surface area contributed by atoms with E-state index in [1.54, 1.807) is 10.9 Å². The number of carbonyl (C=O) groups excluding carboxylic acids is 1. The zero-order chi connectivity index (χ0) is 15.8. The largest absolute Gasteiger partial charge is 0.368 e. The molecule has 0 aromatic carbocycles. The fraction of sp³-hybridized carbons (Fsp3) is 0.308. The van der Waals surface area contributed by atoms with E-state index in [-0.39, 0.29) is 18.4 Å². The molecule has 3 aromatic rings. The van der Waals surface area contributed by atoms with Gasteiger partial charge in [0.25, 0.3) is 0 Å². The summed E-state index contributed by atoms with van der Waals surface area (Å²) in [6.07, 6.45) is 6.80. The predicted octanol–water partition coefficient (Wildman–Crippen LogP) is 0.345. The molecule has 10 nitrogen and oxygen atoms in total. The van der Waals surface area contributed by atoms with Gasteiger partial charge in [-0.05, 0) is 12.8 Å². The molecule has 23 heavy (non-hydrogen) atoms. The van der Waals surface area contributed by atoms with Crippen LogP contribution in [0.3, 0.4) is 0 Å². The average Bonchev–Trinajstić information content (AvgIpc) is 3.01. The van der Waals surface area contributed by atoms with Gasteiger partial charge in [0, 0.05) is 6.04 Å². The van der Waals surface area contributed by atoms with Crippen molar-refractivity contribution in [2.75, 3.05) is 16.4 Å². The molecule has 0 bridgehead atoms. The summed E-state index contributed by atoms with van der Waals surface area (Å²) in [6, 6.07) is 0.418. The molecular formula is C13H15N9O. The molecule has 118 valence electrons. The van der Waals surface area contributed by atoms with Crippen molar-refractivity contribution in [2.45, 2.75) is 25.4 Å². The van der Waals surface area contributed by atoms with Crippen molar-refractivity contribution in [1.82, 2.24) is 29.5 Å². The van der Waals surface area contributed by atoms with E-state index in [0.717, 1.165) is 12.8 Å². The summed E-state index contributed by atoms with van der Waals surface area (Å²) < 4.78 is 1.64. The van der Waals surface area contributed by atoms with Crippen molar-refractivity contribution in [3.05, 3.63) is 18.9 Å². The normalized spacial score (nSPS) is 14.1. The molecule has 1 saturated carbocycles. The molecule has 4 rings (SSSR count). The minimum absolute atomic E-state index is 0.0643. The molecule has 0 saturated heterocycles. The number of nitrogens with two attached hydrogens (primary N) is 1. The smallest absolute Gasteiger partial charge is 0.245 e. The first-order valence-electron chi connectivity index (χ1n) is 7.22. The Kier molecular flexibility index (Phi) is 3.07. The molecule has 3 aromatic heterocycles. The predicted molar refractivity (Wildman–Crippen MR) is 83.6 cm³/mol. The lowest BCUT2D eigenvalue weighted by Gasteiger charge is -2.07. The molecule has 1 amide bonds. The number of rotatable bonds is 5. The molecule has 0 radical (unpaired) electrons. The van der Waals surface area contributed by atoms with Crippen molar-refractivity contribution in [2.24, 2.45) is 0 Å². The highest BCUT2D eigenvalue weighted by Crippen LogP contribution is 2.27. The molecule has 1 fully saturated rings. The van der Waals surface area contributed by atoms with Crippen LogP contribution in [0.1, 0.15) is 12.8 Å². The third-order valence-electron chi connectivity index (χ3n) is 3.49. The number of aromatic amines is 1. The van der Waals surface area contributed by atoms with Gasteiger partial charge in [-0.1, -0.05) is 0 Å². The Labute approximate surface area is 130 Å². The molecule has 1 aliphatic rings. The molecule has 0 atom stereocenters. The lowest BCUT2D eigenvalue weighted by molar-refractivity contribution is -0.116. The van der Waals surface area contributed by atoms with Gasteiger partial charge in [0.1, 0.15) is 12.4 Å². The summed E-state index contributed by atoms with van der Waals surface area (Å²) >= 11 is 0. The Balaban J connectivity index is 1.59. The van der Waals surface area contributed by atoms with Gasteiger partial charge in [-0.3, -0.25) is 4.79 Å². The van der Waals surface area contributed by atoms with Crippen LogP contribution in [0.15, 0.2) is 18.9 Å². The first-order valence-corrected chi connectivity index (χ1v) is 7.22. The number of imidazole rings is 2. The monoisotopic (exact) mass is 313 g/mol. The van der Waals surface area contributed by atoms with Crippen LogP contribution in [0.2, 0.25) is 0 Å². The van der Waals surface area contributed by atoms with E-state index in [1.807, 2.05) is 0 Å². The summed E-state index contributed by atoms with van der Waals surface area (Å²) in [6.45, 7) is 0.0643. The third kappa shape index (κ3) is 2.78. The fourth-order valence-corrected chi connectivity index (χ4v) is 2.27. The van der Waals surface area contributed by atoms with Gasteiger partial charge in [-0.2, -0.15) is 9.97 Å². The Morgan fingerprint density at radius 3 is 3.04 bits per heavy atom. The summed E-state index contributed by atoms with van der Waals surface area (Å²) in [4.78, 5) is 31.4. The number of hydrogen-bond donors (Lipinski definition) is 4. The SMILES string of the molecule is Nc1nc(NC2CC2)c2ncn(CC(=O)Nc3cnc[nH]3)c2n1. The van der Waals surface area contributed by atoms with Crippen molar-refractivity contribution in [3.63, 3.8) is 0 Å². The molecular weight excluding hydrogens is 298 g/mol. The number of H-pyrrole nitrogens is 1. The standard InChI is InChI=1S/C13H15N9O/c14-13-20-11(18-7-1-2-7)10-12(21-13)22(6-17-10)4-9(23)19-8-3-15-5-16-8/h3,5-7H,1-2,4H2,(H,15,16)(H,19,23)(H3,14,18,20,21). The number of nitrogens with zero attached hydrogens (tertiary/aromatic N) is 5. The van der Waals surface area contributed by atoms with Crippen LogP contribution in [0.4, 0.5) is 17.6 Å². The van der Waals surface area contributed by atoms with Crippen molar-refractivity contribution >= 4 is 34.7 Å². The van der Waals surface area contributed by atoms with E-state index in [2.05, 4.69) is 35.6 Å². The van der Waals surface area contributed by atoms with Crippen LogP contribution in [0, 0.1) is 0 Å². The summed E-state index contributed by atoms with van der Waals surface area (Å²) in [5, 5.41) is 5.98. The second-order valence-electron chi connectivity index (χ2n) is 5.41. The second-order valence-corrected chi connectivity index (χ2v) is 5.41. The topological polar surface area (TPSA) is 139 Å². The van der Waals surface area contributed by atoms with E-state index in [4.69, 9.17) is 5.73 Å². The van der Waals surface area contributed by atoms with Crippen molar-refractivity contribution < 1.29 is 4.79 Å². The quantitative estimate of drug-likeness (QED) is 0.532. The number of fused-ring (bicyclic) bond motifs is 1. The highest BCUT2D eigenvalue weighted by Gasteiger charge is 2.24. The van der Waals surface area contributed by atoms with Crippen LogP contribution in [0.5, 0.6) is 0 Å². The van der Waals surface area contributed by atoms with Gasteiger partial charge in [0.05, 0.1) is 18.9 Å². The summed E-state index contributed by atoms with van der Waals surface area (Å²) in [5.41, 5.74) is 6.91. The van der Waals surface area contributed by atoms with Crippen LogP contribution >= 0.6 is 0 Å². The Morgan fingerprint density at radius 2 is 2.30 bits per heavy atom. The maximum Gasteiger partial charge on any atom is 0.245 e. The molecule has 0 aliphatic heterocycles. The number of nitrogen functional groups attached to an aromatic ring is 1. The molecule has 0 unspecified atom stereocenters. The molecule has 5 N–H and O–H groups in total. The first kappa shape index (κ1) is 13.5. The first-order chi connectivity index (χ1) is 11.2. The lowest BCUT2D eigenvalue weighted by atomic mass is 10.4. The van der Waals surface area contributed by atoms with Gasteiger partial charge >= 0.3 is 0 Å². The van der Waals surface area contributed by atoms with Crippen molar-refractivity contribution in [1.29, 1.82) is 0 Å². The van der Waals surface area contributed by atoms with Crippen LogP contribution in [0.25, 0.3) is 11.2 Å². The summed E-state index contributed by atoms with van der Waals surface area (Å²) in [7, 11) is 0. The zero-order valence-corrected chi connectivity index (χ0v) is 12.2. The van der Waals surface area contributed by atoms with Crippen molar-refractivity contribution in [3.8, 4) is 0 Å². The Bertz CT molecular complexity index is 850. The molecule has 0 spiro atoms. The molecule has 3 heterocycles. The number of aromatic nitrogens is 6. The minimum atomic E-state index is -0.220. The van der Waals surface area contributed by atoms with Gasteiger partial charge in [0.15, 0.2) is 17.0 Å². The molecule has 10 heteroatoms. The second kappa shape index (κ2) is 5.23. The van der Waals surface area contributed by atoms with Crippen LogP contribution in [-0.4, -0.2) is 41.4 Å². The van der Waals surface area contributed by atoms with Gasteiger partial charge < -0.3 is 25.9 Å². The Morgan fingerprint density at radius 1 is 1.43 bits per heavy atom. The molecule has 1 aliphatic carbocycles. The summed E-state index contributed by atoms with van der Waals surface area (Å²) in [5.74, 6) is 1.08. The zero-order valence-electron chi connectivity index (χ0n) is 12.2. The highest BCUT2D eigenvalue weighted by molar-refractivity contribution is 5.91. The van der Waals surface area contributed by atoms with Gasteiger partial charge in [0.2, 0.25) is 11.9 Å². The lowest BCUT2D eigenvalue weighted by Crippen LogP contribution is -2.19. The van der Waals surface area contributed by atoms with Crippen LogP contribution in [-0.2, 0) is 11.3 Å².